The van der Waals surface area contributed by atoms with Crippen molar-refractivity contribution in [2.24, 2.45) is 0 Å². The minimum Gasteiger partial charge on any atom is -0.483 e. The third-order valence-corrected chi connectivity index (χ3v) is 6.69. The molecule has 202 valence electrons. The van der Waals surface area contributed by atoms with Crippen molar-refractivity contribution in [3.8, 4) is 5.75 Å². The lowest BCUT2D eigenvalue weighted by molar-refractivity contribution is -0.143. The second kappa shape index (κ2) is 13.2. The van der Waals surface area contributed by atoms with E-state index in [2.05, 4.69) is 26.1 Å². The molecule has 5 nitrogen and oxygen atoms in total. The van der Waals surface area contributed by atoms with Gasteiger partial charge in [0.25, 0.3) is 5.91 Å². The van der Waals surface area contributed by atoms with Gasteiger partial charge in [0.15, 0.2) is 6.61 Å². The van der Waals surface area contributed by atoms with E-state index in [-0.39, 0.29) is 36.4 Å². The van der Waals surface area contributed by atoms with Crippen LogP contribution in [0.2, 0.25) is 10.0 Å². The number of ether oxygens (including phenoxy) is 1. The zero-order chi connectivity index (χ0) is 27.9. The topological polar surface area (TPSA) is 58.6 Å². The van der Waals surface area contributed by atoms with Crippen molar-refractivity contribution in [1.82, 2.24) is 10.2 Å². The summed E-state index contributed by atoms with van der Waals surface area (Å²) in [5, 5.41) is 3.91. The molecule has 1 N–H and O–H groups in total. The fourth-order valence-electron chi connectivity index (χ4n) is 4.20. The molecule has 0 spiro atoms. The van der Waals surface area contributed by atoms with Crippen LogP contribution in [0.5, 0.6) is 5.75 Å². The number of halogens is 2. The number of carbonyl (C=O) groups is 2. The minimum atomic E-state index is -0.777. The predicted molar refractivity (Wildman–Crippen MR) is 155 cm³/mol. The molecule has 3 aromatic carbocycles. The number of benzene rings is 3. The van der Waals surface area contributed by atoms with Crippen LogP contribution in [0.1, 0.15) is 51.3 Å². The Morgan fingerprint density at radius 1 is 0.947 bits per heavy atom. The number of para-hydroxylation sites is 1. The van der Waals surface area contributed by atoms with Gasteiger partial charge in [-0.25, -0.2) is 0 Å². The normalized spacial score (nSPS) is 12.2. The van der Waals surface area contributed by atoms with Crippen molar-refractivity contribution in [2.75, 3.05) is 6.61 Å². The van der Waals surface area contributed by atoms with Crippen molar-refractivity contribution in [3.05, 3.63) is 99.5 Å². The molecule has 1 atom stereocenters. The standard InChI is InChI=1S/C31H36Cl2N2O3/c1-21(2)34-30(37)27(17-22-11-7-6-8-12-22)35(19-23-15-16-24(32)18-26(23)33)29(36)20-38-28-14-10-9-13-25(28)31(3,4)5/h6-16,18,21,27H,17,19-20H2,1-5H3,(H,34,37). The van der Waals surface area contributed by atoms with Crippen LogP contribution in [-0.4, -0.2) is 35.4 Å². The average Bonchev–Trinajstić information content (AvgIpc) is 2.85. The Labute approximate surface area is 236 Å². The molecular weight excluding hydrogens is 519 g/mol. The summed E-state index contributed by atoms with van der Waals surface area (Å²) in [6, 6.07) is 21.6. The maximum Gasteiger partial charge on any atom is 0.261 e. The van der Waals surface area contributed by atoms with Crippen LogP contribution >= 0.6 is 23.2 Å². The molecule has 0 aromatic heterocycles. The monoisotopic (exact) mass is 554 g/mol. The zero-order valence-electron chi connectivity index (χ0n) is 22.6. The van der Waals surface area contributed by atoms with E-state index < -0.39 is 6.04 Å². The first-order chi connectivity index (χ1) is 18.0. The predicted octanol–water partition coefficient (Wildman–Crippen LogP) is 6.83. The van der Waals surface area contributed by atoms with E-state index in [0.29, 0.717) is 27.8 Å². The highest BCUT2D eigenvalue weighted by Gasteiger charge is 2.32. The summed E-state index contributed by atoms with van der Waals surface area (Å²) in [6.45, 7) is 9.98. The molecule has 7 heteroatoms. The fourth-order valence-corrected chi connectivity index (χ4v) is 4.67. The Morgan fingerprint density at radius 3 is 2.24 bits per heavy atom. The number of nitrogens with one attached hydrogen (secondary N) is 1. The Balaban J connectivity index is 1.97. The number of hydrogen-bond donors (Lipinski definition) is 1. The molecule has 0 saturated heterocycles. The quantitative estimate of drug-likeness (QED) is 0.298. The number of carbonyl (C=O) groups excluding carboxylic acids is 2. The lowest BCUT2D eigenvalue weighted by Gasteiger charge is -2.32. The first kappa shape index (κ1) is 29.5. The second-order valence-corrected chi connectivity index (χ2v) is 11.5. The van der Waals surface area contributed by atoms with E-state index in [0.717, 1.165) is 11.1 Å². The van der Waals surface area contributed by atoms with Crippen LogP contribution in [0.25, 0.3) is 0 Å². The van der Waals surface area contributed by atoms with Crippen molar-refractivity contribution >= 4 is 35.0 Å². The number of hydrogen-bond acceptors (Lipinski definition) is 3. The first-order valence-corrected chi connectivity index (χ1v) is 13.5. The molecule has 3 aromatic rings. The lowest BCUT2D eigenvalue weighted by Crippen LogP contribution is -2.52. The van der Waals surface area contributed by atoms with Gasteiger partial charge in [0.2, 0.25) is 5.91 Å². The summed E-state index contributed by atoms with van der Waals surface area (Å²) in [5.74, 6) is 0.0843. The molecule has 3 rings (SSSR count). The van der Waals surface area contributed by atoms with E-state index in [9.17, 15) is 9.59 Å². The second-order valence-electron chi connectivity index (χ2n) is 10.7. The van der Waals surface area contributed by atoms with E-state index in [1.165, 1.54) is 0 Å². The largest absolute Gasteiger partial charge is 0.483 e. The molecule has 0 aliphatic carbocycles. The van der Waals surface area contributed by atoms with Gasteiger partial charge in [-0.15, -0.1) is 0 Å². The van der Waals surface area contributed by atoms with Crippen LogP contribution < -0.4 is 10.1 Å². The van der Waals surface area contributed by atoms with Gasteiger partial charge in [-0.3, -0.25) is 9.59 Å². The Bertz CT molecular complexity index is 1240. The van der Waals surface area contributed by atoms with Crippen molar-refractivity contribution < 1.29 is 14.3 Å². The lowest BCUT2D eigenvalue weighted by atomic mass is 9.86. The Kier molecular flexibility index (Phi) is 10.2. The average molecular weight is 556 g/mol. The van der Waals surface area contributed by atoms with Gasteiger partial charge >= 0.3 is 0 Å². The van der Waals surface area contributed by atoms with Gasteiger partial charge in [-0.05, 0) is 54.2 Å². The SMILES string of the molecule is CC(C)NC(=O)C(Cc1ccccc1)N(Cc1ccc(Cl)cc1Cl)C(=O)COc1ccccc1C(C)(C)C. The summed E-state index contributed by atoms with van der Waals surface area (Å²) in [7, 11) is 0. The highest BCUT2D eigenvalue weighted by Crippen LogP contribution is 2.31. The third-order valence-electron chi connectivity index (χ3n) is 6.10. The summed E-state index contributed by atoms with van der Waals surface area (Å²) >= 11 is 12.6. The fraction of sp³-hybridized carbons (Fsp3) is 0.355. The van der Waals surface area contributed by atoms with E-state index in [1.54, 1.807) is 23.1 Å². The Morgan fingerprint density at radius 2 is 1.61 bits per heavy atom. The molecule has 0 bridgehead atoms. The van der Waals surface area contributed by atoms with E-state index >= 15 is 0 Å². The third kappa shape index (κ3) is 8.24. The molecular formula is C31H36Cl2N2O3. The molecule has 0 fully saturated rings. The molecule has 0 heterocycles. The zero-order valence-corrected chi connectivity index (χ0v) is 24.1. The van der Waals surface area contributed by atoms with Gasteiger partial charge in [0.1, 0.15) is 11.8 Å². The van der Waals surface area contributed by atoms with Crippen LogP contribution in [0.15, 0.2) is 72.8 Å². The minimum absolute atomic E-state index is 0.0910. The molecule has 0 aliphatic rings. The highest BCUT2D eigenvalue weighted by molar-refractivity contribution is 6.35. The van der Waals surface area contributed by atoms with Crippen molar-refractivity contribution in [3.63, 3.8) is 0 Å². The summed E-state index contributed by atoms with van der Waals surface area (Å²) in [5.41, 5.74) is 2.46. The van der Waals surface area contributed by atoms with Gasteiger partial charge in [-0.1, -0.05) is 98.6 Å². The summed E-state index contributed by atoms with van der Waals surface area (Å²) in [4.78, 5) is 28.9. The van der Waals surface area contributed by atoms with Crippen LogP contribution in [0, 0.1) is 0 Å². The smallest absolute Gasteiger partial charge is 0.261 e. The van der Waals surface area contributed by atoms with Gasteiger partial charge in [0, 0.05) is 29.1 Å². The number of amides is 2. The summed E-state index contributed by atoms with van der Waals surface area (Å²) in [6.07, 6.45) is 0.342. The molecule has 0 aliphatic heterocycles. The Hall–Kier alpha value is -3.02. The maximum absolute atomic E-state index is 13.8. The van der Waals surface area contributed by atoms with Gasteiger partial charge in [0.05, 0.1) is 0 Å². The van der Waals surface area contributed by atoms with E-state index in [1.807, 2.05) is 68.4 Å². The molecule has 1 unspecified atom stereocenters. The van der Waals surface area contributed by atoms with Gasteiger partial charge < -0.3 is 15.0 Å². The van der Waals surface area contributed by atoms with Crippen LogP contribution in [-0.2, 0) is 28.0 Å². The maximum atomic E-state index is 13.8. The van der Waals surface area contributed by atoms with Crippen LogP contribution in [0.4, 0.5) is 0 Å². The van der Waals surface area contributed by atoms with Crippen molar-refractivity contribution in [2.45, 2.75) is 65.1 Å². The number of rotatable bonds is 10. The number of nitrogens with zero attached hydrogens (tertiary/aromatic N) is 1. The highest BCUT2D eigenvalue weighted by atomic mass is 35.5. The van der Waals surface area contributed by atoms with Gasteiger partial charge in [-0.2, -0.15) is 0 Å². The van der Waals surface area contributed by atoms with E-state index in [4.69, 9.17) is 27.9 Å². The molecule has 38 heavy (non-hydrogen) atoms. The van der Waals surface area contributed by atoms with Crippen LogP contribution in [0.3, 0.4) is 0 Å². The summed E-state index contributed by atoms with van der Waals surface area (Å²) < 4.78 is 6.08. The molecule has 0 saturated carbocycles. The first-order valence-electron chi connectivity index (χ1n) is 12.8. The molecule has 2 amide bonds. The van der Waals surface area contributed by atoms with Crippen molar-refractivity contribution in [1.29, 1.82) is 0 Å². The molecule has 0 radical (unpaired) electrons.